The molecule has 0 aliphatic carbocycles. The molecule has 0 radical (unpaired) electrons. The molecule has 21 heavy (non-hydrogen) atoms. The van der Waals surface area contributed by atoms with Crippen molar-refractivity contribution in [1.82, 2.24) is 0 Å². The first-order valence-corrected chi connectivity index (χ1v) is 8.90. The fourth-order valence-electron chi connectivity index (χ4n) is 2.41. The van der Waals surface area contributed by atoms with E-state index in [1.165, 1.54) is 70.6 Å². The molecule has 120 valence electrons. The van der Waals surface area contributed by atoms with Crippen LogP contribution < -0.4 is 0 Å². The summed E-state index contributed by atoms with van der Waals surface area (Å²) in [5.74, 6) is -0.170. The molecule has 1 amide bonds. The Kier molecular flexibility index (Phi) is 16.1. The lowest BCUT2D eigenvalue weighted by Gasteiger charge is -1.99. The van der Waals surface area contributed by atoms with Gasteiger partial charge < -0.3 is 0 Å². The van der Waals surface area contributed by atoms with Crippen LogP contribution in [0.4, 0.5) is 0 Å². The molecule has 2 heteroatoms. The van der Waals surface area contributed by atoms with E-state index in [0.717, 1.165) is 12.8 Å². The Labute approximate surface area is 131 Å². The Morgan fingerprint density at radius 3 is 1.81 bits per heavy atom. The van der Waals surface area contributed by atoms with Crippen molar-refractivity contribution in [1.29, 1.82) is 0 Å². The molecule has 0 aromatic carbocycles. The van der Waals surface area contributed by atoms with Crippen molar-refractivity contribution in [3.8, 4) is 6.57 Å². The van der Waals surface area contributed by atoms with Gasteiger partial charge in [0.05, 0.1) is 6.42 Å². The lowest BCUT2D eigenvalue weighted by Crippen LogP contribution is -1.89. The van der Waals surface area contributed by atoms with Crippen LogP contribution in [0.5, 0.6) is 0 Å². The zero-order valence-electron chi connectivity index (χ0n) is 14.0. The predicted molar refractivity (Wildman–Crippen MR) is 92.8 cm³/mol. The second-order valence-electron chi connectivity index (χ2n) is 5.86. The number of carbonyl (C=O) groups is 1. The van der Waals surface area contributed by atoms with Crippen LogP contribution in [0.3, 0.4) is 0 Å². The molecule has 0 aliphatic rings. The van der Waals surface area contributed by atoms with Gasteiger partial charge in [-0.15, -0.1) is 0 Å². The fourth-order valence-corrected chi connectivity index (χ4v) is 2.41. The van der Waals surface area contributed by atoms with E-state index in [1.807, 2.05) is 0 Å². The zero-order chi connectivity index (χ0) is 15.6. The number of allylic oxidation sites excluding steroid dienone is 2. The summed E-state index contributed by atoms with van der Waals surface area (Å²) in [5, 5.41) is 0. The number of amides is 1. The first-order valence-electron chi connectivity index (χ1n) is 8.90. The molecule has 0 heterocycles. The minimum atomic E-state index is -0.170. The van der Waals surface area contributed by atoms with Gasteiger partial charge in [0.15, 0.2) is 0 Å². The van der Waals surface area contributed by atoms with Crippen LogP contribution in [0.15, 0.2) is 12.2 Å². The van der Waals surface area contributed by atoms with E-state index in [1.54, 1.807) is 0 Å². The van der Waals surface area contributed by atoms with E-state index in [2.05, 4.69) is 23.9 Å². The van der Waals surface area contributed by atoms with Crippen LogP contribution in [0.1, 0.15) is 96.8 Å². The van der Waals surface area contributed by atoms with E-state index in [-0.39, 0.29) is 5.91 Å². The molecule has 0 atom stereocenters. The maximum absolute atomic E-state index is 10.8. The molecule has 0 aromatic heterocycles. The Morgan fingerprint density at radius 1 is 0.810 bits per heavy atom. The smallest absolute Gasteiger partial charge is 0.200 e. The van der Waals surface area contributed by atoms with Gasteiger partial charge in [0.2, 0.25) is 0 Å². The largest absolute Gasteiger partial charge is 0.514 e. The summed E-state index contributed by atoms with van der Waals surface area (Å²) in [5.41, 5.74) is 0. The molecule has 2 nitrogen and oxygen atoms in total. The molecule has 0 saturated heterocycles. The van der Waals surface area contributed by atoms with Crippen molar-refractivity contribution >= 4 is 5.91 Å². The number of nitrogens with zero attached hydrogens (tertiary/aromatic N) is 1. The third-order valence-corrected chi connectivity index (χ3v) is 3.80. The summed E-state index contributed by atoms with van der Waals surface area (Å²) < 4.78 is 0. The molecule has 0 aliphatic heterocycles. The molecular weight excluding hydrogens is 258 g/mol. The number of rotatable bonds is 15. The average molecular weight is 292 g/mol. The second kappa shape index (κ2) is 17.0. The molecule has 0 unspecified atom stereocenters. The first-order chi connectivity index (χ1) is 10.3. The predicted octanol–water partition coefficient (Wildman–Crippen LogP) is 6.51. The highest BCUT2D eigenvalue weighted by atomic mass is 16.1. The molecule has 0 saturated carbocycles. The van der Waals surface area contributed by atoms with Gasteiger partial charge >= 0.3 is 5.91 Å². The summed E-state index contributed by atoms with van der Waals surface area (Å²) in [6.45, 7) is 7.16. The highest BCUT2D eigenvalue weighted by Gasteiger charge is 2.07. The van der Waals surface area contributed by atoms with Crippen molar-refractivity contribution in [2.24, 2.45) is 0 Å². The van der Waals surface area contributed by atoms with E-state index >= 15 is 0 Å². The summed E-state index contributed by atoms with van der Waals surface area (Å²) in [6, 6.07) is 0. The molecule has 0 aromatic rings. The Morgan fingerprint density at radius 2 is 1.29 bits per heavy atom. The SMILES string of the molecule is C#[N+]C(=O)CCCCCCCCC/C=C\CCCCCC. The van der Waals surface area contributed by atoms with Crippen LogP contribution in [0.25, 0.3) is 4.85 Å². The van der Waals surface area contributed by atoms with Gasteiger partial charge in [-0.05, 0) is 32.1 Å². The van der Waals surface area contributed by atoms with Crippen LogP contribution in [0.2, 0.25) is 0 Å². The summed E-state index contributed by atoms with van der Waals surface area (Å²) in [7, 11) is 0. The second-order valence-corrected chi connectivity index (χ2v) is 5.86. The van der Waals surface area contributed by atoms with E-state index in [9.17, 15) is 4.79 Å². The topological polar surface area (TPSA) is 21.4 Å². The van der Waals surface area contributed by atoms with E-state index < -0.39 is 0 Å². The maximum atomic E-state index is 10.8. The third kappa shape index (κ3) is 16.8. The van der Waals surface area contributed by atoms with Crippen LogP contribution >= 0.6 is 0 Å². The first kappa shape index (κ1) is 19.9. The van der Waals surface area contributed by atoms with Crippen molar-refractivity contribution in [2.75, 3.05) is 0 Å². The van der Waals surface area contributed by atoms with Crippen molar-refractivity contribution in [3.05, 3.63) is 17.0 Å². The van der Waals surface area contributed by atoms with Gasteiger partial charge in [-0.2, -0.15) is 0 Å². The Bertz CT molecular complexity index is 301. The van der Waals surface area contributed by atoms with E-state index in [4.69, 9.17) is 6.57 Å². The minimum Gasteiger partial charge on any atom is -0.200 e. The maximum Gasteiger partial charge on any atom is 0.514 e. The molecule has 0 N–H and O–H groups in total. The van der Waals surface area contributed by atoms with Crippen LogP contribution in [-0.2, 0) is 4.79 Å². The van der Waals surface area contributed by atoms with Gasteiger partial charge in [0.25, 0.3) is 6.57 Å². The van der Waals surface area contributed by atoms with Gasteiger partial charge in [-0.1, -0.05) is 70.4 Å². The molecule has 0 rings (SSSR count). The molecular formula is C19H34NO+. The monoisotopic (exact) mass is 292 g/mol. The lowest BCUT2D eigenvalue weighted by atomic mass is 10.1. The summed E-state index contributed by atoms with van der Waals surface area (Å²) >= 11 is 0. The summed E-state index contributed by atoms with van der Waals surface area (Å²) in [6.07, 6.45) is 21.7. The third-order valence-electron chi connectivity index (χ3n) is 3.80. The Balaban J connectivity index is 3.10. The van der Waals surface area contributed by atoms with Gasteiger partial charge in [0.1, 0.15) is 0 Å². The quantitative estimate of drug-likeness (QED) is 0.249. The number of carbonyl (C=O) groups excluding carboxylic acids is 1. The zero-order valence-corrected chi connectivity index (χ0v) is 14.0. The van der Waals surface area contributed by atoms with E-state index in [0.29, 0.717) is 6.42 Å². The van der Waals surface area contributed by atoms with Crippen LogP contribution in [0, 0.1) is 6.57 Å². The van der Waals surface area contributed by atoms with Gasteiger partial charge in [-0.25, -0.2) is 4.79 Å². The van der Waals surface area contributed by atoms with Crippen molar-refractivity contribution in [3.63, 3.8) is 0 Å². The molecule has 0 bridgehead atoms. The van der Waals surface area contributed by atoms with Crippen LogP contribution in [-0.4, -0.2) is 5.91 Å². The highest BCUT2D eigenvalue weighted by molar-refractivity contribution is 5.85. The fraction of sp³-hybridized carbons (Fsp3) is 0.789. The van der Waals surface area contributed by atoms with Gasteiger partial charge in [0, 0.05) is 4.85 Å². The van der Waals surface area contributed by atoms with Crippen molar-refractivity contribution in [2.45, 2.75) is 96.8 Å². The lowest BCUT2D eigenvalue weighted by molar-refractivity contribution is -0.114. The highest BCUT2D eigenvalue weighted by Crippen LogP contribution is 2.10. The number of unbranched alkanes of at least 4 members (excludes halogenated alkanes) is 11. The summed E-state index contributed by atoms with van der Waals surface area (Å²) in [4.78, 5) is 14.0. The normalized spacial score (nSPS) is 10.9. The van der Waals surface area contributed by atoms with Gasteiger partial charge in [-0.3, -0.25) is 0 Å². The standard InChI is InChI=1S/C19H34NO/c1-3-4-5-6-7-8-9-10-11-12-13-14-15-16-17-18-19(21)20-2/h2,8-9H,3-7,10-18H2,1H3/q+1/b9-8-. The average Bonchev–Trinajstić information content (AvgIpc) is 2.50. The molecule has 0 spiro atoms. The Hall–Kier alpha value is -1.10. The molecule has 0 fully saturated rings. The number of hydrogen-bond acceptors (Lipinski definition) is 1. The minimum absolute atomic E-state index is 0.170. The van der Waals surface area contributed by atoms with Crippen molar-refractivity contribution < 1.29 is 4.79 Å². The number of hydrogen-bond donors (Lipinski definition) is 0.